The van der Waals surface area contributed by atoms with Gasteiger partial charge in [-0.1, -0.05) is 42.5 Å². The summed E-state index contributed by atoms with van der Waals surface area (Å²) in [6.45, 7) is 0.335. The van der Waals surface area contributed by atoms with Crippen molar-refractivity contribution in [1.82, 2.24) is 5.32 Å². The molecular weight excluding hydrogens is 429 g/mol. The van der Waals surface area contributed by atoms with Crippen LogP contribution >= 0.6 is 11.8 Å². The SMILES string of the molecule is COc1cc(C(=O)N[C@@H]2CCSc3c(F)cccc32)cc(OC)c1OCc1ccccc1. The minimum atomic E-state index is -0.289. The van der Waals surface area contributed by atoms with E-state index in [1.165, 1.54) is 32.0 Å². The van der Waals surface area contributed by atoms with E-state index in [4.69, 9.17) is 14.2 Å². The molecule has 3 aromatic carbocycles. The molecule has 32 heavy (non-hydrogen) atoms. The highest BCUT2D eigenvalue weighted by molar-refractivity contribution is 7.99. The van der Waals surface area contributed by atoms with E-state index >= 15 is 0 Å². The first kappa shape index (κ1) is 22.0. The standard InChI is InChI=1S/C25H24FNO4S/c1-29-21-13-17(14-22(30-2)23(21)31-15-16-7-4-3-5-8-16)25(28)27-20-11-12-32-24-18(20)9-6-10-19(24)26/h3-10,13-14,20H,11-12,15H2,1-2H3,(H,27,28)/t20-/m1/s1. The van der Waals surface area contributed by atoms with Crippen LogP contribution in [-0.2, 0) is 6.61 Å². The number of carbonyl (C=O) groups excluding carboxylic acids is 1. The molecule has 7 heteroatoms. The van der Waals surface area contributed by atoms with Crippen LogP contribution in [0.15, 0.2) is 65.6 Å². The number of methoxy groups -OCH3 is 2. The highest BCUT2D eigenvalue weighted by atomic mass is 32.2. The van der Waals surface area contributed by atoms with E-state index in [-0.39, 0.29) is 17.8 Å². The number of hydrogen-bond acceptors (Lipinski definition) is 5. The predicted octanol–water partition coefficient (Wildman–Crippen LogP) is 5.39. The van der Waals surface area contributed by atoms with Gasteiger partial charge < -0.3 is 19.5 Å². The van der Waals surface area contributed by atoms with E-state index in [0.29, 0.717) is 34.3 Å². The molecule has 1 aliphatic heterocycles. The lowest BCUT2D eigenvalue weighted by molar-refractivity contribution is 0.0934. The van der Waals surface area contributed by atoms with E-state index in [9.17, 15) is 9.18 Å². The minimum Gasteiger partial charge on any atom is -0.493 e. The Morgan fingerprint density at radius 1 is 1.06 bits per heavy atom. The molecule has 1 amide bonds. The summed E-state index contributed by atoms with van der Waals surface area (Å²) in [6, 6.07) is 17.7. The average Bonchev–Trinajstić information content (AvgIpc) is 2.83. The molecule has 0 saturated heterocycles. The van der Waals surface area contributed by atoms with Gasteiger partial charge in [0.25, 0.3) is 5.91 Å². The quantitative estimate of drug-likeness (QED) is 0.520. The summed E-state index contributed by atoms with van der Waals surface area (Å²) in [5.41, 5.74) is 2.18. The molecule has 1 aliphatic rings. The molecule has 4 rings (SSSR count). The molecule has 1 atom stereocenters. The molecule has 0 spiro atoms. The van der Waals surface area contributed by atoms with E-state index in [2.05, 4.69) is 5.32 Å². The number of halogens is 1. The van der Waals surface area contributed by atoms with Gasteiger partial charge in [-0.05, 0) is 35.7 Å². The number of rotatable bonds is 7. The number of nitrogens with one attached hydrogen (secondary N) is 1. The molecule has 5 nitrogen and oxygen atoms in total. The Morgan fingerprint density at radius 2 is 1.78 bits per heavy atom. The third kappa shape index (κ3) is 4.67. The van der Waals surface area contributed by atoms with Gasteiger partial charge in [-0.2, -0.15) is 0 Å². The molecule has 1 N–H and O–H groups in total. The molecule has 0 aliphatic carbocycles. The van der Waals surface area contributed by atoms with E-state index in [1.54, 1.807) is 18.2 Å². The Balaban J connectivity index is 1.56. The van der Waals surface area contributed by atoms with Crippen molar-refractivity contribution in [2.24, 2.45) is 0 Å². The highest BCUT2D eigenvalue weighted by Gasteiger charge is 2.26. The number of fused-ring (bicyclic) bond motifs is 1. The lowest BCUT2D eigenvalue weighted by atomic mass is 10.0. The third-order valence-electron chi connectivity index (χ3n) is 5.28. The lowest BCUT2D eigenvalue weighted by Gasteiger charge is -2.26. The van der Waals surface area contributed by atoms with Crippen LogP contribution in [0.2, 0.25) is 0 Å². The van der Waals surface area contributed by atoms with Crippen LogP contribution < -0.4 is 19.5 Å². The molecule has 3 aromatic rings. The number of thioether (sulfide) groups is 1. The zero-order valence-corrected chi connectivity index (χ0v) is 18.7. The predicted molar refractivity (Wildman–Crippen MR) is 122 cm³/mol. The number of hydrogen-bond donors (Lipinski definition) is 1. The van der Waals surface area contributed by atoms with Gasteiger partial charge in [-0.3, -0.25) is 4.79 Å². The van der Waals surface area contributed by atoms with Crippen molar-refractivity contribution in [2.75, 3.05) is 20.0 Å². The summed E-state index contributed by atoms with van der Waals surface area (Å²) in [5, 5.41) is 3.03. The van der Waals surface area contributed by atoms with E-state index in [1.807, 2.05) is 36.4 Å². The largest absolute Gasteiger partial charge is 0.493 e. The van der Waals surface area contributed by atoms with E-state index < -0.39 is 0 Å². The molecule has 0 aromatic heterocycles. The molecule has 0 unspecified atom stereocenters. The maximum atomic E-state index is 14.2. The summed E-state index contributed by atoms with van der Waals surface area (Å²) in [7, 11) is 3.03. The number of ether oxygens (including phenoxy) is 3. The van der Waals surface area contributed by atoms with Crippen molar-refractivity contribution in [2.45, 2.75) is 24.0 Å². The topological polar surface area (TPSA) is 56.8 Å². The fraction of sp³-hybridized carbons (Fsp3) is 0.240. The summed E-state index contributed by atoms with van der Waals surface area (Å²) >= 11 is 1.48. The second kappa shape index (κ2) is 9.96. The molecule has 0 bridgehead atoms. The zero-order chi connectivity index (χ0) is 22.5. The van der Waals surface area contributed by atoms with Crippen LogP contribution in [0.4, 0.5) is 4.39 Å². The van der Waals surface area contributed by atoms with Crippen LogP contribution in [0.1, 0.15) is 33.9 Å². The Labute approximate surface area is 190 Å². The van der Waals surface area contributed by atoms with Gasteiger partial charge in [-0.25, -0.2) is 4.39 Å². The number of benzene rings is 3. The van der Waals surface area contributed by atoms with Gasteiger partial charge in [0.2, 0.25) is 5.75 Å². The summed E-state index contributed by atoms with van der Waals surface area (Å²) in [6.07, 6.45) is 0.722. The molecule has 0 radical (unpaired) electrons. The van der Waals surface area contributed by atoms with Crippen molar-refractivity contribution < 1.29 is 23.4 Å². The van der Waals surface area contributed by atoms with Gasteiger partial charge in [0.15, 0.2) is 11.5 Å². The molecule has 1 heterocycles. The van der Waals surface area contributed by atoms with Crippen molar-refractivity contribution in [3.05, 3.63) is 83.2 Å². The van der Waals surface area contributed by atoms with Crippen LogP contribution in [0.25, 0.3) is 0 Å². The van der Waals surface area contributed by atoms with Gasteiger partial charge in [0.1, 0.15) is 12.4 Å². The Kier molecular flexibility index (Phi) is 6.85. The third-order valence-corrected chi connectivity index (χ3v) is 6.44. The molecular formula is C25H24FNO4S. The monoisotopic (exact) mass is 453 g/mol. The van der Waals surface area contributed by atoms with Crippen LogP contribution in [0.3, 0.4) is 0 Å². The first-order valence-corrected chi connectivity index (χ1v) is 11.2. The first-order valence-electron chi connectivity index (χ1n) is 10.3. The normalized spacial score (nSPS) is 14.9. The van der Waals surface area contributed by atoms with Crippen molar-refractivity contribution in [3.8, 4) is 17.2 Å². The molecule has 166 valence electrons. The smallest absolute Gasteiger partial charge is 0.252 e. The van der Waals surface area contributed by atoms with Gasteiger partial charge in [-0.15, -0.1) is 11.8 Å². The fourth-order valence-electron chi connectivity index (χ4n) is 3.66. The fourth-order valence-corrected chi connectivity index (χ4v) is 4.80. The van der Waals surface area contributed by atoms with Crippen molar-refractivity contribution in [1.29, 1.82) is 0 Å². The Hall–Kier alpha value is -3.19. The Morgan fingerprint density at radius 3 is 2.47 bits per heavy atom. The summed E-state index contributed by atoms with van der Waals surface area (Å²) < 4.78 is 31.1. The van der Waals surface area contributed by atoms with E-state index in [0.717, 1.165) is 23.3 Å². The molecule has 0 saturated carbocycles. The average molecular weight is 454 g/mol. The van der Waals surface area contributed by atoms with Gasteiger partial charge >= 0.3 is 0 Å². The minimum absolute atomic E-state index is 0.255. The maximum absolute atomic E-state index is 14.2. The first-order chi connectivity index (χ1) is 15.6. The number of carbonyl (C=O) groups is 1. The van der Waals surface area contributed by atoms with Crippen LogP contribution in [0, 0.1) is 5.82 Å². The second-order valence-electron chi connectivity index (χ2n) is 7.31. The maximum Gasteiger partial charge on any atom is 0.252 e. The lowest BCUT2D eigenvalue weighted by Crippen LogP contribution is -2.31. The summed E-state index contributed by atoms with van der Waals surface area (Å²) in [4.78, 5) is 13.7. The molecule has 0 fully saturated rings. The Bertz CT molecular complexity index is 1080. The van der Waals surface area contributed by atoms with Crippen molar-refractivity contribution in [3.63, 3.8) is 0 Å². The number of amides is 1. The van der Waals surface area contributed by atoms with Gasteiger partial charge in [0, 0.05) is 16.2 Å². The summed E-state index contributed by atoms with van der Waals surface area (Å²) in [5.74, 6) is 1.42. The highest BCUT2D eigenvalue weighted by Crippen LogP contribution is 2.40. The van der Waals surface area contributed by atoms with Crippen LogP contribution in [0.5, 0.6) is 17.2 Å². The van der Waals surface area contributed by atoms with Gasteiger partial charge in [0.05, 0.1) is 20.3 Å². The zero-order valence-electron chi connectivity index (χ0n) is 17.9. The van der Waals surface area contributed by atoms with Crippen LogP contribution in [-0.4, -0.2) is 25.9 Å². The van der Waals surface area contributed by atoms with Crippen molar-refractivity contribution >= 4 is 17.7 Å². The second-order valence-corrected chi connectivity index (χ2v) is 8.41.